The first-order chi connectivity index (χ1) is 19.9. The number of benzene rings is 2. The number of halogens is 6. The summed E-state index contributed by atoms with van der Waals surface area (Å²) in [4.78, 5) is 15.5. The van der Waals surface area contributed by atoms with Crippen molar-refractivity contribution in [3.63, 3.8) is 0 Å². The molecule has 1 saturated carbocycles. The second kappa shape index (κ2) is 12.8. The molecule has 2 heterocycles. The van der Waals surface area contributed by atoms with E-state index in [0.717, 1.165) is 65.3 Å². The van der Waals surface area contributed by atoms with Crippen molar-refractivity contribution in [2.45, 2.75) is 63.1 Å². The first-order valence-corrected chi connectivity index (χ1v) is 15.4. The van der Waals surface area contributed by atoms with Crippen molar-refractivity contribution in [3.8, 4) is 11.5 Å². The Morgan fingerprint density at radius 2 is 1.83 bits per heavy atom. The number of ether oxygens (including phenoxy) is 2. The molecule has 2 saturated heterocycles. The van der Waals surface area contributed by atoms with E-state index in [-0.39, 0.29) is 23.7 Å². The summed E-state index contributed by atoms with van der Waals surface area (Å²) in [6.45, 7) is 6.73. The first kappa shape index (κ1) is 31.2. The largest absolute Gasteiger partial charge is 0.573 e. The zero-order valence-electron chi connectivity index (χ0n) is 22.8. The van der Waals surface area contributed by atoms with Crippen molar-refractivity contribution >= 4 is 45.9 Å². The maximum absolute atomic E-state index is 14.1. The summed E-state index contributed by atoms with van der Waals surface area (Å²) in [7, 11) is 0. The lowest BCUT2D eigenvalue weighted by atomic mass is 9.97. The summed E-state index contributed by atoms with van der Waals surface area (Å²) in [6.07, 6.45) is -2.16. The Labute approximate surface area is 260 Å². The predicted molar refractivity (Wildman–Crippen MR) is 159 cm³/mol. The Morgan fingerprint density at radius 1 is 1.12 bits per heavy atom. The lowest BCUT2D eigenvalue weighted by Crippen LogP contribution is -2.35. The van der Waals surface area contributed by atoms with E-state index in [2.05, 4.69) is 38.8 Å². The molecule has 0 spiro atoms. The zero-order valence-corrected chi connectivity index (χ0v) is 25.7. The molecule has 0 unspecified atom stereocenters. The van der Waals surface area contributed by atoms with Gasteiger partial charge in [0.2, 0.25) is 0 Å². The zero-order chi connectivity index (χ0) is 30.2. The van der Waals surface area contributed by atoms with Crippen molar-refractivity contribution in [3.05, 3.63) is 62.2 Å². The van der Waals surface area contributed by atoms with E-state index in [9.17, 15) is 27.5 Å². The SMILES string of the molecule is C=C(c1cc(C2CC2)c(OCC2CCN(Cc3cc(Cl)cc(OC(F)(F)F)c3)CC2)cc1I)N1C[C@H](F)C[C@H]1C(=O)O. The van der Waals surface area contributed by atoms with E-state index in [0.29, 0.717) is 36.2 Å². The van der Waals surface area contributed by atoms with Gasteiger partial charge in [0.25, 0.3) is 0 Å². The highest BCUT2D eigenvalue weighted by molar-refractivity contribution is 14.1. The minimum Gasteiger partial charge on any atom is -0.493 e. The van der Waals surface area contributed by atoms with Crippen molar-refractivity contribution in [1.82, 2.24) is 9.80 Å². The normalized spacial score (nSPS) is 21.9. The number of aliphatic carboxylic acids is 1. The summed E-state index contributed by atoms with van der Waals surface area (Å²) in [5, 5.41) is 9.78. The number of nitrogens with zero attached hydrogens (tertiary/aromatic N) is 2. The summed E-state index contributed by atoms with van der Waals surface area (Å²) in [5.41, 5.74) is 3.06. The molecule has 3 aliphatic rings. The van der Waals surface area contributed by atoms with E-state index in [1.807, 2.05) is 12.1 Å². The number of hydrogen-bond acceptors (Lipinski definition) is 5. The molecular weight excluding hydrogens is 691 g/mol. The molecule has 6 nitrogen and oxygen atoms in total. The molecule has 2 aromatic rings. The number of alkyl halides is 4. The lowest BCUT2D eigenvalue weighted by Gasteiger charge is -2.32. The summed E-state index contributed by atoms with van der Waals surface area (Å²) >= 11 is 8.23. The fourth-order valence-corrected chi connectivity index (χ4v) is 6.78. The molecule has 12 heteroatoms. The highest BCUT2D eigenvalue weighted by atomic mass is 127. The van der Waals surface area contributed by atoms with Crippen molar-refractivity contribution in [1.29, 1.82) is 0 Å². The van der Waals surface area contributed by atoms with Gasteiger partial charge >= 0.3 is 12.3 Å². The molecule has 1 aliphatic carbocycles. The molecule has 0 radical (unpaired) electrons. The second-order valence-corrected chi connectivity index (χ2v) is 12.9. The van der Waals surface area contributed by atoms with E-state index in [1.54, 1.807) is 11.0 Å². The van der Waals surface area contributed by atoms with Crippen LogP contribution in [0.4, 0.5) is 17.6 Å². The molecule has 2 aromatic carbocycles. The molecule has 3 fully saturated rings. The fraction of sp³-hybridized carbons (Fsp3) is 0.500. The number of carbonyl (C=O) groups is 1. The molecule has 1 N–H and O–H groups in total. The minimum absolute atomic E-state index is 0.0153. The Bertz CT molecular complexity index is 1330. The summed E-state index contributed by atoms with van der Waals surface area (Å²) < 4.78 is 63.3. The first-order valence-electron chi connectivity index (χ1n) is 13.9. The Hall–Kier alpha value is -2.25. The van der Waals surface area contributed by atoms with Gasteiger partial charge in [0.15, 0.2) is 0 Å². The number of rotatable bonds is 10. The van der Waals surface area contributed by atoms with Gasteiger partial charge in [-0.15, -0.1) is 13.2 Å². The molecule has 0 aromatic heterocycles. The molecule has 2 aliphatic heterocycles. The topological polar surface area (TPSA) is 62.2 Å². The molecule has 2 atom stereocenters. The van der Waals surface area contributed by atoms with Crippen molar-refractivity contribution in [2.24, 2.45) is 5.92 Å². The Balaban J connectivity index is 1.19. The number of carboxylic acids is 1. The van der Waals surface area contributed by atoms with Gasteiger partial charge < -0.3 is 19.5 Å². The second-order valence-electron chi connectivity index (χ2n) is 11.3. The smallest absolute Gasteiger partial charge is 0.493 e. The lowest BCUT2D eigenvalue weighted by molar-refractivity contribution is -0.274. The highest BCUT2D eigenvalue weighted by Gasteiger charge is 2.39. The Kier molecular flexibility index (Phi) is 9.48. The van der Waals surface area contributed by atoms with Gasteiger partial charge in [-0.25, -0.2) is 9.18 Å². The van der Waals surface area contributed by atoms with Gasteiger partial charge in [0, 0.05) is 32.8 Å². The van der Waals surface area contributed by atoms with Crippen LogP contribution in [0.3, 0.4) is 0 Å². The molecule has 42 heavy (non-hydrogen) atoms. The van der Waals surface area contributed by atoms with Crippen LogP contribution in [0.5, 0.6) is 11.5 Å². The maximum atomic E-state index is 14.1. The van der Waals surface area contributed by atoms with Crippen LogP contribution < -0.4 is 9.47 Å². The van der Waals surface area contributed by atoms with Crippen LogP contribution in [0, 0.1) is 9.49 Å². The van der Waals surface area contributed by atoms with Gasteiger partial charge in [0.05, 0.1) is 13.2 Å². The van der Waals surface area contributed by atoms with Crippen LogP contribution in [-0.4, -0.2) is 65.7 Å². The molecule has 5 rings (SSSR count). The third kappa shape index (κ3) is 7.82. The van der Waals surface area contributed by atoms with Crippen molar-refractivity contribution in [2.75, 3.05) is 26.2 Å². The summed E-state index contributed by atoms with van der Waals surface area (Å²) in [5.74, 6) is 0.144. The fourth-order valence-electron chi connectivity index (χ4n) is 5.78. The van der Waals surface area contributed by atoms with Gasteiger partial charge in [-0.2, -0.15) is 0 Å². The number of hydrogen-bond donors (Lipinski definition) is 1. The number of carboxylic acid groups (broad SMARTS) is 1. The predicted octanol–water partition coefficient (Wildman–Crippen LogP) is 7.48. The molecule has 0 amide bonds. The average molecular weight is 723 g/mol. The van der Waals surface area contributed by atoms with Gasteiger partial charge in [-0.1, -0.05) is 18.2 Å². The molecular formula is C30H32ClF4IN2O4. The van der Waals surface area contributed by atoms with Crippen molar-refractivity contribution < 1.29 is 36.9 Å². The van der Waals surface area contributed by atoms with E-state index in [4.69, 9.17) is 16.3 Å². The summed E-state index contributed by atoms with van der Waals surface area (Å²) in [6, 6.07) is 7.26. The third-order valence-corrected chi connectivity index (χ3v) is 9.17. The van der Waals surface area contributed by atoms with Crippen LogP contribution >= 0.6 is 34.2 Å². The van der Waals surface area contributed by atoms with Crippen LogP contribution in [0.1, 0.15) is 54.7 Å². The quantitative estimate of drug-likeness (QED) is 0.203. The van der Waals surface area contributed by atoms with Crippen LogP contribution in [0.2, 0.25) is 5.02 Å². The number of piperidine rings is 1. The van der Waals surface area contributed by atoms with E-state index in [1.165, 1.54) is 6.07 Å². The van der Waals surface area contributed by atoms with E-state index < -0.39 is 24.5 Å². The molecule has 0 bridgehead atoms. The monoisotopic (exact) mass is 722 g/mol. The van der Waals surface area contributed by atoms with E-state index >= 15 is 0 Å². The Morgan fingerprint density at radius 3 is 2.48 bits per heavy atom. The van der Waals surface area contributed by atoms with Crippen LogP contribution in [-0.2, 0) is 11.3 Å². The van der Waals surface area contributed by atoms with Crippen LogP contribution in [0.25, 0.3) is 5.70 Å². The maximum Gasteiger partial charge on any atom is 0.573 e. The van der Waals surface area contributed by atoms with Gasteiger partial charge in [-0.3, -0.25) is 4.90 Å². The van der Waals surface area contributed by atoms with Gasteiger partial charge in [0.1, 0.15) is 23.7 Å². The standard InChI is InChI=1S/C30H32ClF4IN2O4/c1-17(38-15-22(32)11-27(38)29(39)40)24-12-25(20-2-3-20)28(13-26(24)36)41-16-18-4-6-37(7-5-18)14-19-8-21(31)10-23(9-19)42-30(33,34)35/h8-10,12-13,18,20,22,27H,1-7,11,14-16H2,(H,39,40)/t22-,27+/m1/s1. The highest BCUT2D eigenvalue weighted by Crippen LogP contribution is 2.47. The number of likely N-dealkylation sites (tertiary alicyclic amines) is 2. The third-order valence-electron chi connectivity index (χ3n) is 8.06. The molecule has 228 valence electrons. The average Bonchev–Trinajstić information content (AvgIpc) is 3.66. The van der Waals surface area contributed by atoms with Gasteiger partial charge in [-0.05, 0) is 115 Å². The van der Waals surface area contributed by atoms with Crippen LogP contribution in [0.15, 0.2) is 36.9 Å². The minimum atomic E-state index is -4.78.